The summed E-state index contributed by atoms with van der Waals surface area (Å²) in [7, 11) is 0. The molecule has 1 aliphatic rings. The van der Waals surface area contributed by atoms with E-state index in [0.29, 0.717) is 5.56 Å². The van der Waals surface area contributed by atoms with Gasteiger partial charge in [0.15, 0.2) is 0 Å². The van der Waals surface area contributed by atoms with Gasteiger partial charge in [0.25, 0.3) is 5.91 Å². The summed E-state index contributed by atoms with van der Waals surface area (Å²) in [4.78, 5) is 15.8. The van der Waals surface area contributed by atoms with Crippen molar-refractivity contribution in [3.63, 3.8) is 0 Å². The Balaban J connectivity index is 1.53. The molecule has 0 fully saturated rings. The Kier molecular flexibility index (Phi) is 3.26. The van der Waals surface area contributed by atoms with Crippen LogP contribution >= 0.6 is 15.9 Å². The van der Waals surface area contributed by atoms with Gasteiger partial charge < -0.3 is 10.3 Å². The summed E-state index contributed by atoms with van der Waals surface area (Å²) in [6, 6.07) is 16.0. The Morgan fingerprint density at radius 2 is 2.00 bits per heavy atom. The van der Waals surface area contributed by atoms with E-state index in [2.05, 4.69) is 44.4 Å². The van der Waals surface area contributed by atoms with Crippen LogP contribution in [0.2, 0.25) is 0 Å². The van der Waals surface area contributed by atoms with Crippen LogP contribution in [0.3, 0.4) is 0 Å². The molecule has 0 bridgehead atoms. The van der Waals surface area contributed by atoms with Gasteiger partial charge in [0, 0.05) is 39.1 Å². The molecule has 1 aromatic heterocycles. The first-order chi connectivity index (χ1) is 10.7. The van der Waals surface area contributed by atoms with E-state index in [-0.39, 0.29) is 11.9 Å². The highest BCUT2D eigenvalue weighted by Crippen LogP contribution is 2.30. The normalized spacial score (nSPS) is 16.7. The largest absolute Gasteiger partial charge is 0.358 e. The molecule has 3 aromatic rings. The smallest absolute Gasteiger partial charge is 0.251 e. The van der Waals surface area contributed by atoms with Crippen molar-refractivity contribution in [1.29, 1.82) is 0 Å². The summed E-state index contributed by atoms with van der Waals surface area (Å²) in [6.07, 6.45) is 1.75. The van der Waals surface area contributed by atoms with Gasteiger partial charge in [-0.25, -0.2) is 0 Å². The molecule has 1 unspecified atom stereocenters. The quantitative estimate of drug-likeness (QED) is 0.721. The average molecular weight is 355 g/mol. The second-order valence-corrected chi connectivity index (χ2v) is 6.63. The Hall–Kier alpha value is -2.07. The predicted octanol–water partition coefficient (Wildman–Crippen LogP) is 3.83. The van der Waals surface area contributed by atoms with E-state index in [9.17, 15) is 4.79 Å². The fourth-order valence-electron chi connectivity index (χ4n) is 3.23. The van der Waals surface area contributed by atoms with E-state index in [1.165, 1.54) is 22.2 Å². The van der Waals surface area contributed by atoms with Crippen LogP contribution in [0, 0.1) is 0 Å². The predicted molar refractivity (Wildman–Crippen MR) is 91.1 cm³/mol. The average Bonchev–Trinajstić information content (AvgIpc) is 3.04. The van der Waals surface area contributed by atoms with Gasteiger partial charge in [0.05, 0.1) is 0 Å². The summed E-state index contributed by atoms with van der Waals surface area (Å²) in [5, 5.41) is 4.42. The number of halogens is 1. The number of fused-ring (bicyclic) bond motifs is 3. The van der Waals surface area contributed by atoms with Gasteiger partial charge in [-0.1, -0.05) is 40.2 Å². The van der Waals surface area contributed by atoms with E-state index in [1.807, 2.05) is 30.3 Å². The first-order valence-corrected chi connectivity index (χ1v) is 8.15. The zero-order valence-electron chi connectivity index (χ0n) is 11.9. The van der Waals surface area contributed by atoms with Crippen LogP contribution in [0.4, 0.5) is 0 Å². The monoisotopic (exact) mass is 354 g/mol. The van der Waals surface area contributed by atoms with Crippen molar-refractivity contribution in [3.8, 4) is 0 Å². The van der Waals surface area contributed by atoms with Gasteiger partial charge in [0.2, 0.25) is 0 Å². The van der Waals surface area contributed by atoms with Gasteiger partial charge in [-0.2, -0.15) is 0 Å². The molecular weight excluding hydrogens is 340 g/mol. The number of hydrogen-bond donors (Lipinski definition) is 2. The van der Waals surface area contributed by atoms with Gasteiger partial charge in [-0.05, 0) is 36.2 Å². The van der Waals surface area contributed by atoms with Crippen LogP contribution in [0.15, 0.2) is 53.0 Å². The minimum atomic E-state index is -0.0132. The fraction of sp³-hybridized carbons (Fsp3) is 0.167. The van der Waals surface area contributed by atoms with Crippen molar-refractivity contribution in [3.05, 3.63) is 69.8 Å². The number of hydrogen-bond acceptors (Lipinski definition) is 1. The third kappa shape index (κ3) is 2.33. The fourth-order valence-corrected chi connectivity index (χ4v) is 3.63. The molecule has 0 radical (unpaired) electrons. The second-order valence-electron chi connectivity index (χ2n) is 5.72. The van der Waals surface area contributed by atoms with Crippen LogP contribution in [0.25, 0.3) is 10.9 Å². The van der Waals surface area contributed by atoms with E-state index >= 15 is 0 Å². The Bertz CT molecular complexity index is 868. The lowest BCUT2D eigenvalue weighted by molar-refractivity contribution is 0.0938. The number of para-hydroxylation sites is 1. The third-order valence-electron chi connectivity index (χ3n) is 4.23. The lowest BCUT2D eigenvalue weighted by Gasteiger charge is -2.12. The van der Waals surface area contributed by atoms with Crippen LogP contribution in [0.5, 0.6) is 0 Å². The molecule has 4 rings (SSSR count). The van der Waals surface area contributed by atoms with Crippen molar-refractivity contribution in [1.82, 2.24) is 10.3 Å². The molecule has 0 saturated heterocycles. The van der Waals surface area contributed by atoms with Crippen LogP contribution in [0.1, 0.15) is 21.6 Å². The van der Waals surface area contributed by atoms with Crippen molar-refractivity contribution in [2.24, 2.45) is 0 Å². The highest BCUT2D eigenvalue weighted by atomic mass is 79.9. The van der Waals surface area contributed by atoms with E-state index in [4.69, 9.17) is 0 Å². The highest BCUT2D eigenvalue weighted by Gasteiger charge is 2.26. The van der Waals surface area contributed by atoms with Crippen molar-refractivity contribution in [2.45, 2.75) is 18.9 Å². The maximum absolute atomic E-state index is 12.3. The number of nitrogens with one attached hydrogen (secondary N) is 2. The summed E-state index contributed by atoms with van der Waals surface area (Å²) in [5.41, 5.74) is 4.47. The molecule has 3 nitrogen and oxygen atoms in total. The molecule has 0 spiro atoms. The third-order valence-corrected chi connectivity index (χ3v) is 4.72. The maximum atomic E-state index is 12.3. The molecule has 2 aromatic carbocycles. The molecule has 0 saturated carbocycles. The Morgan fingerprint density at radius 3 is 2.86 bits per heavy atom. The van der Waals surface area contributed by atoms with Gasteiger partial charge in [-0.3, -0.25) is 4.79 Å². The topological polar surface area (TPSA) is 44.9 Å². The van der Waals surface area contributed by atoms with E-state index in [1.54, 1.807) is 0 Å². The van der Waals surface area contributed by atoms with Crippen LogP contribution < -0.4 is 5.32 Å². The molecule has 1 atom stereocenters. The van der Waals surface area contributed by atoms with Gasteiger partial charge in [0.1, 0.15) is 0 Å². The summed E-state index contributed by atoms with van der Waals surface area (Å²) in [5.74, 6) is -0.0132. The lowest BCUT2D eigenvalue weighted by Crippen LogP contribution is -2.35. The number of benzene rings is 2. The van der Waals surface area contributed by atoms with Crippen LogP contribution in [-0.2, 0) is 12.8 Å². The number of rotatable bonds is 2. The lowest BCUT2D eigenvalue weighted by atomic mass is 10.1. The summed E-state index contributed by atoms with van der Waals surface area (Å²) >= 11 is 3.40. The molecule has 1 aliphatic carbocycles. The summed E-state index contributed by atoms with van der Waals surface area (Å²) in [6.45, 7) is 0. The Labute approximate surface area is 136 Å². The molecule has 22 heavy (non-hydrogen) atoms. The molecular formula is C18H15BrN2O. The molecule has 1 heterocycles. The number of amides is 1. The van der Waals surface area contributed by atoms with Crippen molar-refractivity contribution >= 4 is 32.7 Å². The number of H-pyrrole nitrogens is 1. The zero-order chi connectivity index (χ0) is 15.1. The second kappa shape index (κ2) is 5.29. The standard InChI is InChI=1S/C18H15BrN2O/c19-12-5-3-4-11(8-12)18(22)20-13-9-15-14-6-1-2-7-16(14)21-17(15)10-13/h1-8,13,21H,9-10H2,(H,20,22). The zero-order valence-corrected chi connectivity index (χ0v) is 13.5. The molecule has 0 aliphatic heterocycles. The van der Waals surface area contributed by atoms with Crippen molar-refractivity contribution < 1.29 is 4.79 Å². The first kappa shape index (κ1) is 13.6. The van der Waals surface area contributed by atoms with Gasteiger partial charge >= 0.3 is 0 Å². The molecule has 2 N–H and O–H groups in total. The number of carbonyl (C=O) groups is 1. The number of aromatic nitrogens is 1. The Morgan fingerprint density at radius 1 is 1.14 bits per heavy atom. The number of carbonyl (C=O) groups excluding carboxylic acids is 1. The van der Waals surface area contributed by atoms with Crippen LogP contribution in [-0.4, -0.2) is 16.9 Å². The maximum Gasteiger partial charge on any atom is 0.251 e. The van der Waals surface area contributed by atoms with E-state index < -0.39 is 0 Å². The molecule has 1 amide bonds. The molecule has 4 heteroatoms. The SMILES string of the molecule is O=C(NC1Cc2[nH]c3ccccc3c2C1)c1cccc(Br)c1. The summed E-state index contributed by atoms with van der Waals surface area (Å²) < 4.78 is 0.919. The van der Waals surface area contributed by atoms with E-state index in [0.717, 1.165) is 17.3 Å². The minimum absolute atomic E-state index is 0.0132. The number of aromatic amines is 1. The highest BCUT2D eigenvalue weighted by molar-refractivity contribution is 9.10. The first-order valence-electron chi connectivity index (χ1n) is 7.35. The minimum Gasteiger partial charge on any atom is -0.358 e. The van der Waals surface area contributed by atoms with Crippen molar-refractivity contribution in [2.75, 3.05) is 0 Å². The molecule has 110 valence electrons. The van der Waals surface area contributed by atoms with Gasteiger partial charge in [-0.15, -0.1) is 0 Å².